The lowest BCUT2D eigenvalue weighted by molar-refractivity contribution is 0.606. The number of rotatable bonds is 6. The van der Waals surface area contributed by atoms with Gasteiger partial charge in [-0.25, -0.2) is 0 Å². The molecule has 0 aliphatic heterocycles. The normalized spacial score (nSPS) is 12.3. The maximum Gasteiger partial charge on any atom is 0.0603 e. The second-order valence-corrected chi connectivity index (χ2v) is 6.32. The smallest absolute Gasteiger partial charge is 0.0603 e. The first-order valence-corrected chi connectivity index (χ1v) is 8.31. The van der Waals surface area contributed by atoms with Crippen molar-refractivity contribution in [3.8, 4) is 0 Å². The maximum atomic E-state index is 6.05. The molecular weight excluding hydrogens is 309 g/mol. The third-order valence-corrected chi connectivity index (χ3v) is 4.79. The molecule has 1 nitrogen and oxygen atoms in total. The second kappa shape index (κ2) is 7.94. The summed E-state index contributed by atoms with van der Waals surface area (Å²) in [4.78, 5) is 1.14. The lowest BCUT2D eigenvalue weighted by atomic mass is 10.1. The van der Waals surface area contributed by atoms with Gasteiger partial charge in [-0.05, 0) is 30.3 Å². The number of nitrogens with one attached hydrogen (secondary N) is 1. The number of thioether (sulfide) groups is 1. The van der Waals surface area contributed by atoms with E-state index in [0.717, 1.165) is 17.2 Å². The van der Waals surface area contributed by atoms with Crippen molar-refractivity contribution < 1.29 is 0 Å². The molecule has 2 rings (SSSR count). The highest BCUT2D eigenvalue weighted by atomic mass is 35.5. The fraction of sp³-hybridized carbons (Fsp3) is 0.250. The summed E-state index contributed by atoms with van der Waals surface area (Å²) < 4.78 is 0. The minimum Gasteiger partial charge on any atom is -0.309 e. The van der Waals surface area contributed by atoms with E-state index in [0.29, 0.717) is 16.1 Å². The van der Waals surface area contributed by atoms with E-state index >= 15 is 0 Å². The van der Waals surface area contributed by atoms with E-state index in [-0.39, 0.29) is 0 Å². The Morgan fingerprint density at radius 2 is 1.80 bits per heavy atom. The molecule has 1 unspecified atom stereocenters. The molecule has 20 heavy (non-hydrogen) atoms. The monoisotopic (exact) mass is 325 g/mol. The van der Waals surface area contributed by atoms with Gasteiger partial charge < -0.3 is 5.32 Å². The quantitative estimate of drug-likeness (QED) is 0.710. The molecule has 0 fully saturated rings. The second-order valence-electron chi connectivity index (χ2n) is 4.41. The van der Waals surface area contributed by atoms with Gasteiger partial charge in [-0.15, -0.1) is 11.8 Å². The Morgan fingerprint density at radius 3 is 2.45 bits per heavy atom. The van der Waals surface area contributed by atoms with Gasteiger partial charge in [-0.1, -0.05) is 60.5 Å². The predicted octanol–water partition coefficient (Wildman–Crippen LogP) is 5.44. The summed E-state index contributed by atoms with van der Waals surface area (Å²) in [6.07, 6.45) is 0. The van der Waals surface area contributed by atoms with E-state index < -0.39 is 0 Å². The average Bonchev–Trinajstić information content (AvgIpc) is 2.48. The summed E-state index contributed by atoms with van der Waals surface area (Å²) in [6.45, 7) is 3.07. The highest BCUT2D eigenvalue weighted by Crippen LogP contribution is 2.30. The van der Waals surface area contributed by atoms with Crippen LogP contribution in [0.2, 0.25) is 10.0 Å². The van der Waals surface area contributed by atoms with Crippen LogP contribution in [0.5, 0.6) is 0 Å². The van der Waals surface area contributed by atoms with Gasteiger partial charge in [-0.3, -0.25) is 0 Å². The van der Waals surface area contributed by atoms with Crippen molar-refractivity contribution in [3.63, 3.8) is 0 Å². The van der Waals surface area contributed by atoms with Gasteiger partial charge >= 0.3 is 0 Å². The number of halogens is 2. The van der Waals surface area contributed by atoms with Crippen molar-refractivity contribution in [2.45, 2.75) is 17.9 Å². The molecule has 0 heterocycles. The highest BCUT2D eigenvalue weighted by molar-refractivity contribution is 7.99. The van der Waals surface area contributed by atoms with Gasteiger partial charge in [0.15, 0.2) is 0 Å². The van der Waals surface area contributed by atoms with Crippen LogP contribution in [-0.2, 0) is 0 Å². The van der Waals surface area contributed by atoms with Crippen molar-refractivity contribution in [3.05, 3.63) is 64.1 Å². The Morgan fingerprint density at radius 1 is 1.05 bits per heavy atom. The van der Waals surface area contributed by atoms with Gasteiger partial charge in [0.05, 0.1) is 10.0 Å². The Bertz CT molecular complexity index is 545. The molecule has 0 bridgehead atoms. The molecule has 1 atom stereocenters. The molecule has 4 heteroatoms. The third kappa shape index (κ3) is 4.42. The van der Waals surface area contributed by atoms with E-state index in [2.05, 4.69) is 36.5 Å². The van der Waals surface area contributed by atoms with Crippen molar-refractivity contribution in [1.29, 1.82) is 0 Å². The molecule has 0 aliphatic rings. The van der Waals surface area contributed by atoms with Gasteiger partial charge in [0, 0.05) is 16.7 Å². The molecule has 0 saturated carbocycles. The van der Waals surface area contributed by atoms with Crippen molar-refractivity contribution in [2.24, 2.45) is 0 Å². The first kappa shape index (κ1) is 15.7. The van der Waals surface area contributed by atoms with E-state index in [1.165, 1.54) is 5.56 Å². The van der Waals surface area contributed by atoms with Crippen molar-refractivity contribution in [1.82, 2.24) is 5.32 Å². The van der Waals surface area contributed by atoms with E-state index in [9.17, 15) is 0 Å². The molecule has 0 saturated heterocycles. The van der Waals surface area contributed by atoms with Crippen LogP contribution in [0.15, 0.2) is 53.4 Å². The molecule has 2 aromatic carbocycles. The molecule has 0 spiro atoms. The molecule has 0 aromatic heterocycles. The summed E-state index contributed by atoms with van der Waals surface area (Å²) in [5.74, 6) is 0.954. The van der Waals surface area contributed by atoms with Crippen molar-refractivity contribution >= 4 is 35.0 Å². The van der Waals surface area contributed by atoms with Gasteiger partial charge in [0.2, 0.25) is 0 Å². The summed E-state index contributed by atoms with van der Waals surface area (Å²) in [5, 5.41) is 4.72. The van der Waals surface area contributed by atoms with Gasteiger partial charge in [0.1, 0.15) is 0 Å². The summed E-state index contributed by atoms with van der Waals surface area (Å²) in [6, 6.07) is 16.6. The van der Waals surface area contributed by atoms with E-state index in [1.807, 2.05) is 24.3 Å². The largest absolute Gasteiger partial charge is 0.309 e. The average molecular weight is 326 g/mol. The van der Waals surface area contributed by atoms with Crippen LogP contribution >= 0.6 is 35.0 Å². The van der Waals surface area contributed by atoms with Crippen LogP contribution < -0.4 is 5.32 Å². The van der Waals surface area contributed by atoms with Crippen LogP contribution in [0.25, 0.3) is 0 Å². The van der Waals surface area contributed by atoms with Crippen LogP contribution in [0.1, 0.15) is 18.5 Å². The third-order valence-electron chi connectivity index (χ3n) is 2.96. The lowest BCUT2D eigenvalue weighted by Gasteiger charge is -2.18. The number of hydrogen-bond donors (Lipinski definition) is 1. The molecule has 1 N–H and O–H groups in total. The number of benzene rings is 2. The zero-order chi connectivity index (χ0) is 14.4. The van der Waals surface area contributed by atoms with Crippen molar-refractivity contribution in [2.75, 3.05) is 12.3 Å². The first-order chi connectivity index (χ1) is 9.70. The molecule has 106 valence electrons. The van der Waals surface area contributed by atoms with Crippen LogP contribution in [0, 0.1) is 0 Å². The molecule has 2 aromatic rings. The Hall–Kier alpha value is -0.670. The van der Waals surface area contributed by atoms with Crippen LogP contribution in [0.4, 0.5) is 0 Å². The van der Waals surface area contributed by atoms with Gasteiger partial charge in [-0.2, -0.15) is 0 Å². The SMILES string of the molecule is CCNC(CSc1ccc(Cl)c(Cl)c1)c1ccccc1. The zero-order valence-corrected chi connectivity index (χ0v) is 13.6. The standard InChI is InChI=1S/C16H17Cl2NS/c1-2-19-16(12-6-4-3-5-7-12)11-20-13-8-9-14(17)15(18)10-13/h3-10,16,19H,2,11H2,1H3. The fourth-order valence-corrected chi connectivity index (χ4v) is 3.35. The molecule has 0 aliphatic carbocycles. The molecular formula is C16H17Cl2NS. The summed E-state index contributed by atoms with van der Waals surface area (Å²) in [7, 11) is 0. The minimum atomic E-state index is 0.334. The van der Waals surface area contributed by atoms with Gasteiger partial charge in [0.25, 0.3) is 0 Å². The Kier molecular flexibility index (Phi) is 6.24. The summed E-state index contributed by atoms with van der Waals surface area (Å²) >= 11 is 13.8. The highest BCUT2D eigenvalue weighted by Gasteiger charge is 2.10. The fourth-order valence-electron chi connectivity index (χ4n) is 1.95. The van der Waals surface area contributed by atoms with E-state index in [1.54, 1.807) is 11.8 Å². The summed E-state index contributed by atoms with van der Waals surface area (Å²) in [5.41, 5.74) is 1.31. The zero-order valence-electron chi connectivity index (χ0n) is 11.3. The minimum absolute atomic E-state index is 0.334. The lowest BCUT2D eigenvalue weighted by Crippen LogP contribution is -2.22. The Balaban J connectivity index is 2.03. The Labute approximate surface area is 134 Å². The van der Waals surface area contributed by atoms with Crippen LogP contribution in [-0.4, -0.2) is 12.3 Å². The predicted molar refractivity (Wildman–Crippen MR) is 90.0 cm³/mol. The van der Waals surface area contributed by atoms with Crippen LogP contribution in [0.3, 0.4) is 0 Å². The first-order valence-electron chi connectivity index (χ1n) is 6.57. The topological polar surface area (TPSA) is 12.0 Å². The number of hydrogen-bond acceptors (Lipinski definition) is 2. The molecule has 0 radical (unpaired) electrons. The van der Waals surface area contributed by atoms with E-state index in [4.69, 9.17) is 23.2 Å². The maximum absolute atomic E-state index is 6.05. The molecule has 0 amide bonds.